The molecule has 1 aliphatic heterocycles. The minimum absolute atomic E-state index is 0.00248. The first kappa shape index (κ1) is 14.5. The fraction of sp³-hybridized carbons (Fsp3) is 0.533. The molecule has 20 heavy (non-hydrogen) atoms. The third-order valence-corrected chi connectivity index (χ3v) is 3.96. The molecule has 0 aromatic carbocycles. The van der Waals surface area contributed by atoms with Gasteiger partial charge in [0.15, 0.2) is 0 Å². The zero-order valence-electron chi connectivity index (χ0n) is 12.3. The van der Waals surface area contributed by atoms with Gasteiger partial charge in [0.1, 0.15) is 5.54 Å². The first-order chi connectivity index (χ1) is 9.50. The second-order valence-electron chi connectivity index (χ2n) is 5.31. The number of carbonyl (C=O) groups is 2. The van der Waals surface area contributed by atoms with Crippen LogP contribution in [-0.2, 0) is 16.1 Å². The molecule has 2 amide bonds. The number of aryl methyl sites for hydroxylation is 1. The van der Waals surface area contributed by atoms with E-state index in [1.807, 2.05) is 32.9 Å². The zero-order valence-corrected chi connectivity index (χ0v) is 12.3. The van der Waals surface area contributed by atoms with Crippen molar-refractivity contribution in [2.75, 3.05) is 6.54 Å². The standard InChI is InChI=1S/C15H21N3O2/c1-4-15(5-2)14(20)18(10-13(19)17-15)9-12-7-6-11(3)16-8-12/h6-8H,4-5,9-10H2,1-3H3,(H,17,19). The Balaban J connectivity index is 2.20. The largest absolute Gasteiger partial charge is 0.340 e. The number of hydrogen-bond donors (Lipinski definition) is 1. The third-order valence-electron chi connectivity index (χ3n) is 3.96. The topological polar surface area (TPSA) is 62.3 Å². The molecular weight excluding hydrogens is 254 g/mol. The van der Waals surface area contributed by atoms with Crippen molar-refractivity contribution in [3.05, 3.63) is 29.6 Å². The average molecular weight is 275 g/mol. The lowest BCUT2D eigenvalue weighted by molar-refractivity contribution is -0.151. The lowest BCUT2D eigenvalue weighted by Gasteiger charge is -2.41. The van der Waals surface area contributed by atoms with Gasteiger partial charge in [-0.25, -0.2) is 0 Å². The minimum atomic E-state index is -0.743. The molecule has 108 valence electrons. The van der Waals surface area contributed by atoms with Crippen molar-refractivity contribution in [1.82, 2.24) is 15.2 Å². The molecule has 1 N–H and O–H groups in total. The second kappa shape index (κ2) is 5.61. The van der Waals surface area contributed by atoms with Crippen LogP contribution < -0.4 is 5.32 Å². The van der Waals surface area contributed by atoms with Crippen LogP contribution in [0.4, 0.5) is 0 Å². The van der Waals surface area contributed by atoms with Crippen molar-refractivity contribution in [3.63, 3.8) is 0 Å². The van der Waals surface area contributed by atoms with E-state index in [1.165, 1.54) is 0 Å². The van der Waals surface area contributed by atoms with E-state index in [-0.39, 0.29) is 18.4 Å². The van der Waals surface area contributed by atoms with E-state index in [4.69, 9.17) is 0 Å². The van der Waals surface area contributed by atoms with Crippen LogP contribution >= 0.6 is 0 Å². The number of amides is 2. The predicted octanol–water partition coefficient (Wildman–Crippen LogP) is 1.41. The van der Waals surface area contributed by atoms with Gasteiger partial charge >= 0.3 is 0 Å². The van der Waals surface area contributed by atoms with Crippen molar-refractivity contribution in [2.24, 2.45) is 0 Å². The Labute approximate surface area is 119 Å². The summed E-state index contributed by atoms with van der Waals surface area (Å²) in [6.07, 6.45) is 2.97. The molecule has 0 bridgehead atoms. The molecule has 1 aliphatic rings. The van der Waals surface area contributed by atoms with Gasteiger partial charge in [0.2, 0.25) is 11.8 Å². The van der Waals surface area contributed by atoms with Gasteiger partial charge in [-0.05, 0) is 31.4 Å². The summed E-state index contributed by atoms with van der Waals surface area (Å²) in [4.78, 5) is 30.3. The molecule has 1 aromatic rings. The Kier molecular flexibility index (Phi) is 4.06. The highest BCUT2D eigenvalue weighted by atomic mass is 16.2. The average Bonchev–Trinajstić information content (AvgIpc) is 2.45. The van der Waals surface area contributed by atoms with E-state index >= 15 is 0 Å². The van der Waals surface area contributed by atoms with Crippen LogP contribution in [0.25, 0.3) is 0 Å². The monoisotopic (exact) mass is 275 g/mol. The Morgan fingerprint density at radius 1 is 1.30 bits per heavy atom. The van der Waals surface area contributed by atoms with E-state index in [0.717, 1.165) is 11.3 Å². The molecule has 0 saturated carbocycles. The van der Waals surface area contributed by atoms with Gasteiger partial charge < -0.3 is 10.2 Å². The molecule has 5 nitrogen and oxygen atoms in total. The normalized spacial score (nSPS) is 18.1. The van der Waals surface area contributed by atoms with Gasteiger partial charge in [-0.2, -0.15) is 0 Å². The maximum absolute atomic E-state index is 12.6. The third kappa shape index (κ3) is 2.66. The fourth-order valence-corrected chi connectivity index (χ4v) is 2.58. The van der Waals surface area contributed by atoms with Gasteiger partial charge in [0, 0.05) is 18.4 Å². The summed E-state index contributed by atoms with van der Waals surface area (Å²) in [5.74, 6) is -0.0870. The Hall–Kier alpha value is -1.91. The van der Waals surface area contributed by atoms with Crippen LogP contribution in [0.5, 0.6) is 0 Å². The molecule has 0 spiro atoms. The molecular formula is C15H21N3O2. The molecule has 1 fully saturated rings. The summed E-state index contributed by atoms with van der Waals surface area (Å²) in [5.41, 5.74) is 1.14. The van der Waals surface area contributed by atoms with Crippen molar-refractivity contribution in [3.8, 4) is 0 Å². The van der Waals surface area contributed by atoms with E-state index < -0.39 is 5.54 Å². The quantitative estimate of drug-likeness (QED) is 0.903. The van der Waals surface area contributed by atoms with Gasteiger partial charge in [0.05, 0.1) is 6.54 Å². The minimum Gasteiger partial charge on any atom is -0.340 e. The molecule has 1 saturated heterocycles. The number of hydrogen-bond acceptors (Lipinski definition) is 3. The lowest BCUT2D eigenvalue weighted by atomic mass is 9.89. The summed E-state index contributed by atoms with van der Waals surface area (Å²) < 4.78 is 0. The van der Waals surface area contributed by atoms with E-state index in [1.54, 1.807) is 11.1 Å². The maximum Gasteiger partial charge on any atom is 0.249 e. The highest BCUT2D eigenvalue weighted by Gasteiger charge is 2.43. The predicted molar refractivity (Wildman–Crippen MR) is 75.8 cm³/mol. The molecule has 0 radical (unpaired) electrons. The molecule has 2 heterocycles. The van der Waals surface area contributed by atoms with Gasteiger partial charge in [-0.15, -0.1) is 0 Å². The van der Waals surface area contributed by atoms with E-state index in [9.17, 15) is 9.59 Å². The van der Waals surface area contributed by atoms with E-state index in [0.29, 0.717) is 19.4 Å². The Morgan fingerprint density at radius 3 is 2.55 bits per heavy atom. The number of nitrogens with zero attached hydrogens (tertiary/aromatic N) is 2. The SMILES string of the molecule is CCC1(CC)NC(=O)CN(Cc2ccc(C)nc2)C1=O. The van der Waals surface area contributed by atoms with E-state index in [2.05, 4.69) is 10.3 Å². The number of aromatic nitrogens is 1. The summed E-state index contributed by atoms with van der Waals surface area (Å²) in [6, 6.07) is 3.86. The number of piperazine rings is 1. The summed E-state index contributed by atoms with van der Waals surface area (Å²) in [6.45, 7) is 6.33. The molecule has 0 unspecified atom stereocenters. The Morgan fingerprint density at radius 2 is 2.00 bits per heavy atom. The van der Waals surface area contributed by atoms with Gasteiger partial charge in [-0.1, -0.05) is 19.9 Å². The molecule has 0 atom stereocenters. The summed E-state index contributed by atoms with van der Waals surface area (Å²) >= 11 is 0. The number of nitrogens with one attached hydrogen (secondary N) is 1. The molecule has 2 rings (SSSR count). The van der Waals surface area contributed by atoms with Crippen molar-refractivity contribution < 1.29 is 9.59 Å². The first-order valence-electron chi connectivity index (χ1n) is 7.02. The highest BCUT2D eigenvalue weighted by Crippen LogP contribution is 2.23. The van der Waals surface area contributed by atoms with Crippen molar-refractivity contribution in [1.29, 1.82) is 0 Å². The van der Waals surface area contributed by atoms with Crippen LogP contribution in [0.2, 0.25) is 0 Å². The van der Waals surface area contributed by atoms with Crippen molar-refractivity contribution in [2.45, 2.75) is 45.7 Å². The van der Waals surface area contributed by atoms with Crippen molar-refractivity contribution >= 4 is 11.8 Å². The number of rotatable bonds is 4. The number of pyridine rings is 1. The van der Waals surface area contributed by atoms with Gasteiger partial charge in [-0.3, -0.25) is 14.6 Å². The summed E-state index contributed by atoms with van der Waals surface area (Å²) in [5, 5.41) is 2.86. The van der Waals surface area contributed by atoms with Crippen LogP contribution in [0, 0.1) is 6.92 Å². The molecule has 1 aromatic heterocycles. The molecule has 0 aliphatic carbocycles. The van der Waals surface area contributed by atoms with Crippen LogP contribution in [-0.4, -0.2) is 33.8 Å². The zero-order chi connectivity index (χ0) is 14.8. The second-order valence-corrected chi connectivity index (χ2v) is 5.31. The highest BCUT2D eigenvalue weighted by molar-refractivity contribution is 5.97. The Bertz CT molecular complexity index is 506. The fourth-order valence-electron chi connectivity index (χ4n) is 2.58. The van der Waals surface area contributed by atoms with Crippen LogP contribution in [0.15, 0.2) is 18.3 Å². The van der Waals surface area contributed by atoms with Gasteiger partial charge in [0.25, 0.3) is 0 Å². The smallest absolute Gasteiger partial charge is 0.249 e. The lowest BCUT2D eigenvalue weighted by Crippen LogP contribution is -2.65. The van der Waals surface area contributed by atoms with Crippen LogP contribution in [0.1, 0.15) is 37.9 Å². The summed E-state index contributed by atoms with van der Waals surface area (Å²) in [7, 11) is 0. The number of carbonyl (C=O) groups excluding carboxylic acids is 2. The first-order valence-corrected chi connectivity index (χ1v) is 7.02. The maximum atomic E-state index is 12.6. The van der Waals surface area contributed by atoms with Crippen LogP contribution in [0.3, 0.4) is 0 Å². The molecule has 5 heteroatoms.